The Labute approximate surface area is 108 Å². The van der Waals surface area contributed by atoms with Gasteiger partial charge in [0.15, 0.2) is 0 Å². The topological polar surface area (TPSA) is 46.3 Å². The highest BCUT2D eigenvalue weighted by molar-refractivity contribution is 5.96. The summed E-state index contributed by atoms with van der Waals surface area (Å²) in [6.45, 7) is 0.307. The molecule has 3 nitrogen and oxygen atoms in total. The Morgan fingerprint density at radius 1 is 1.44 bits per heavy atom. The number of hydrogen-bond acceptors (Lipinski definition) is 2. The fourth-order valence-corrected chi connectivity index (χ4v) is 2.05. The fraction of sp³-hybridized carbons (Fsp3) is 0.400. The Morgan fingerprint density at radius 3 is 2.78 bits per heavy atom. The summed E-state index contributed by atoms with van der Waals surface area (Å²) in [6.07, 6.45) is 3.44. The molecule has 2 rings (SSSR count). The first-order valence-corrected chi connectivity index (χ1v) is 6.29. The van der Waals surface area contributed by atoms with Crippen molar-refractivity contribution in [3.63, 3.8) is 0 Å². The third-order valence-corrected chi connectivity index (χ3v) is 3.43. The zero-order chi connectivity index (χ0) is 13.0. The number of amides is 1. The molecule has 0 heterocycles. The number of nitrogens with two attached hydrogens (primary N) is 1. The molecule has 18 heavy (non-hydrogen) atoms. The molecule has 1 aliphatic carbocycles. The van der Waals surface area contributed by atoms with Crippen LogP contribution in [0.25, 0.3) is 0 Å². The van der Waals surface area contributed by atoms with E-state index < -0.39 is 0 Å². The maximum Gasteiger partial charge on any atom is 0.255 e. The van der Waals surface area contributed by atoms with E-state index >= 15 is 0 Å². The van der Waals surface area contributed by atoms with Gasteiger partial charge in [-0.25, -0.2) is 0 Å². The van der Waals surface area contributed by atoms with Crippen molar-refractivity contribution in [1.29, 1.82) is 0 Å². The monoisotopic (exact) mass is 242 g/mol. The van der Waals surface area contributed by atoms with Gasteiger partial charge in [-0.1, -0.05) is 24.0 Å². The molecule has 0 spiro atoms. The molecule has 94 valence electrons. The first-order chi connectivity index (χ1) is 8.74. The lowest BCUT2D eigenvalue weighted by molar-refractivity contribution is 0.0652. The summed E-state index contributed by atoms with van der Waals surface area (Å²) >= 11 is 0. The van der Waals surface area contributed by atoms with Crippen LogP contribution in [-0.4, -0.2) is 30.4 Å². The fourth-order valence-electron chi connectivity index (χ4n) is 2.05. The van der Waals surface area contributed by atoms with Crippen molar-refractivity contribution in [1.82, 2.24) is 4.90 Å². The van der Waals surface area contributed by atoms with Gasteiger partial charge in [-0.3, -0.25) is 4.79 Å². The van der Waals surface area contributed by atoms with Gasteiger partial charge in [0.2, 0.25) is 0 Å². The molecule has 0 bridgehead atoms. The van der Waals surface area contributed by atoms with Crippen LogP contribution >= 0.6 is 0 Å². The molecule has 1 fully saturated rings. The van der Waals surface area contributed by atoms with Crippen molar-refractivity contribution in [3.05, 3.63) is 35.4 Å². The van der Waals surface area contributed by atoms with Gasteiger partial charge in [0.25, 0.3) is 5.91 Å². The lowest BCUT2D eigenvalue weighted by Crippen LogP contribution is -2.41. The Kier molecular flexibility index (Phi) is 4.01. The predicted molar refractivity (Wildman–Crippen MR) is 72.1 cm³/mol. The van der Waals surface area contributed by atoms with Gasteiger partial charge in [-0.05, 0) is 31.4 Å². The van der Waals surface area contributed by atoms with E-state index in [2.05, 4.69) is 11.8 Å². The first kappa shape index (κ1) is 12.7. The van der Waals surface area contributed by atoms with Gasteiger partial charge in [0.05, 0.1) is 12.1 Å². The second-order valence-corrected chi connectivity index (χ2v) is 4.55. The number of benzene rings is 1. The number of carbonyl (C=O) groups is 1. The standard InChI is InChI=1S/C15H18N2O/c1-17(13-8-4-9-13)15(18)14-10-3-2-6-12(14)7-5-11-16/h2-3,6,10,13H,4,8-9,11,16H2,1H3. The molecule has 1 aliphatic rings. The maximum atomic E-state index is 12.4. The molecule has 0 radical (unpaired) electrons. The molecular formula is C15H18N2O. The molecule has 2 N–H and O–H groups in total. The highest BCUT2D eigenvalue weighted by Crippen LogP contribution is 2.25. The molecule has 1 aromatic carbocycles. The quantitative estimate of drug-likeness (QED) is 0.801. The zero-order valence-electron chi connectivity index (χ0n) is 10.6. The van der Waals surface area contributed by atoms with Crippen molar-refractivity contribution < 1.29 is 4.79 Å². The van der Waals surface area contributed by atoms with Crippen LogP contribution in [0.15, 0.2) is 24.3 Å². The third-order valence-electron chi connectivity index (χ3n) is 3.43. The molecule has 0 aromatic heterocycles. The van der Waals surface area contributed by atoms with E-state index in [1.54, 1.807) is 0 Å². The molecule has 1 aromatic rings. The van der Waals surface area contributed by atoms with Crippen molar-refractivity contribution >= 4 is 5.91 Å². The van der Waals surface area contributed by atoms with E-state index in [9.17, 15) is 4.79 Å². The average molecular weight is 242 g/mol. The van der Waals surface area contributed by atoms with Crippen LogP contribution in [0.2, 0.25) is 0 Å². The Balaban J connectivity index is 2.23. The van der Waals surface area contributed by atoms with Crippen LogP contribution in [0.1, 0.15) is 35.2 Å². The number of carbonyl (C=O) groups excluding carboxylic acids is 1. The van der Waals surface area contributed by atoms with Crippen molar-refractivity contribution in [2.24, 2.45) is 5.73 Å². The summed E-state index contributed by atoms with van der Waals surface area (Å²) < 4.78 is 0. The van der Waals surface area contributed by atoms with Crippen LogP contribution < -0.4 is 5.73 Å². The second-order valence-electron chi connectivity index (χ2n) is 4.55. The highest BCUT2D eigenvalue weighted by Gasteiger charge is 2.26. The minimum atomic E-state index is 0.0571. The molecule has 0 aliphatic heterocycles. The van der Waals surface area contributed by atoms with Crippen molar-refractivity contribution in [3.8, 4) is 11.8 Å². The van der Waals surface area contributed by atoms with Crippen LogP contribution in [0, 0.1) is 11.8 Å². The molecule has 0 unspecified atom stereocenters. The summed E-state index contributed by atoms with van der Waals surface area (Å²) in [4.78, 5) is 14.2. The largest absolute Gasteiger partial charge is 0.339 e. The molecule has 1 saturated carbocycles. The lowest BCUT2D eigenvalue weighted by Gasteiger charge is -2.34. The maximum absolute atomic E-state index is 12.4. The minimum absolute atomic E-state index is 0.0571. The van der Waals surface area contributed by atoms with Crippen LogP contribution in [0.4, 0.5) is 0 Å². The molecule has 3 heteroatoms. The second kappa shape index (κ2) is 5.70. The van der Waals surface area contributed by atoms with Crippen LogP contribution in [0.3, 0.4) is 0 Å². The summed E-state index contributed by atoms with van der Waals surface area (Å²) in [6, 6.07) is 7.85. The SMILES string of the molecule is CN(C(=O)c1ccccc1C#CCN)C1CCC1. The smallest absolute Gasteiger partial charge is 0.255 e. The van der Waals surface area contributed by atoms with Crippen LogP contribution in [-0.2, 0) is 0 Å². The normalized spacial score (nSPS) is 14.3. The van der Waals surface area contributed by atoms with E-state index in [4.69, 9.17) is 5.73 Å². The summed E-state index contributed by atoms with van der Waals surface area (Å²) in [5, 5.41) is 0. The van der Waals surface area contributed by atoms with E-state index in [-0.39, 0.29) is 5.91 Å². The number of nitrogens with zero attached hydrogens (tertiary/aromatic N) is 1. The summed E-state index contributed by atoms with van der Waals surface area (Å²) in [5.41, 5.74) is 6.81. The van der Waals surface area contributed by atoms with Crippen molar-refractivity contribution in [2.75, 3.05) is 13.6 Å². The Hall–Kier alpha value is -1.79. The predicted octanol–water partition coefficient (Wildman–Crippen LogP) is 1.62. The highest BCUT2D eigenvalue weighted by atomic mass is 16.2. The van der Waals surface area contributed by atoms with Gasteiger partial charge < -0.3 is 10.6 Å². The molecule has 0 saturated heterocycles. The average Bonchev–Trinajstić information content (AvgIpc) is 2.33. The summed E-state index contributed by atoms with van der Waals surface area (Å²) in [5.74, 6) is 5.82. The van der Waals surface area contributed by atoms with Crippen molar-refractivity contribution in [2.45, 2.75) is 25.3 Å². The zero-order valence-corrected chi connectivity index (χ0v) is 10.6. The minimum Gasteiger partial charge on any atom is -0.339 e. The number of rotatable bonds is 2. The van der Waals surface area contributed by atoms with Gasteiger partial charge >= 0.3 is 0 Å². The van der Waals surface area contributed by atoms with E-state index in [1.165, 1.54) is 6.42 Å². The molecular weight excluding hydrogens is 224 g/mol. The molecule has 1 amide bonds. The van der Waals surface area contributed by atoms with E-state index in [0.717, 1.165) is 18.4 Å². The Bertz CT molecular complexity index is 495. The Morgan fingerprint density at radius 2 is 2.17 bits per heavy atom. The van der Waals surface area contributed by atoms with E-state index in [1.807, 2.05) is 36.2 Å². The summed E-state index contributed by atoms with van der Waals surface area (Å²) in [7, 11) is 1.87. The van der Waals surface area contributed by atoms with Gasteiger partial charge in [0.1, 0.15) is 0 Å². The van der Waals surface area contributed by atoms with Gasteiger partial charge in [-0.15, -0.1) is 0 Å². The van der Waals surface area contributed by atoms with E-state index in [0.29, 0.717) is 18.2 Å². The lowest BCUT2D eigenvalue weighted by atomic mass is 9.91. The van der Waals surface area contributed by atoms with Gasteiger partial charge in [0, 0.05) is 18.7 Å². The molecule has 0 atom stereocenters. The van der Waals surface area contributed by atoms with Crippen LogP contribution in [0.5, 0.6) is 0 Å². The first-order valence-electron chi connectivity index (χ1n) is 6.29. The van der Waals surface area contributed by atoms with Gasteiger partial charge in [-0.2, -0.15) is 0 Å². The number of hydrogen-bond donors (Lipinski definition) is 1. The third kappa shape index (κ3) is 2.55.